The van der Waals surface area contributed by atoms with Crippen LogP contribution in [0.3, 0.4) is 0 Å². The van der Waals surface area contributed by atoms with E-state index in [9.17, 15) is 9.59 Å². The zero-order valence-corrected chi connectivity index (χ0v) is 14.6. The number of hydrogen-bond donors (Lipinski definition) is 2. The Kier molecular flexibility index (Phi) is 5.26. The molecule has 0 aliphatic carbocycles. The number of fused-ring (bicyclic) bond motifs is 1. The topological polar surface area (TPSA) is 85.9 Å². The van der Waals surface area contributed by atoms with Crippen molar-refractivity contribution in [3.05, 3.63) is 53.6 Å². The van der Waals surface area contributed by atoms with Gasteiger partial charge in [0, 0.05) is 11.1 Å². The maximum absolute atomic E-state index is 12.2. The van der Waals surface area contributed by atoms with Gasteiger partial charge in [-0.3, -0.25) is 20.4 Å². The van der Waals surface area contributed by atoms with Crippen LogP contribution in [0.1, 0.15) is 34.6 Å². The molecule has 0 aromatic heterocycles. The van der Waals surface area contributed by atoms with E-state index in [2.05, 4.69) is 10.9 Å². The van der Waals surface area contributed by atoms with Crippen molar-refractivity contribution in [1.29, 1.82) is 0 Å². The standard InChI is InChI=1S/C19H20N2O5/c1-12(2)10-24-15-5-3-4-13(8-15)18(22)20-21-19(23)14-6-7-16-17(9-14)26-11-25-16/h3-9,12H,10-11H2,1-2H3,(H,20,22)(H,21,23). The summed E-state index contributed by atoms with van der Waals surface area (Å²) < 4.78 is 16.0. The molecule has 136 valence electrons. The molecule has 2 amide bonds. The van der Waals surface area contributed by atoms with Crippen molar-refractivity contribution >= 4 is 11.8 Å². The number of hydrogen-bond acceptors (Lipinski definition) is 5. The minimum absolute atomic E-state index is 0.131. The van der Waals surface area contributed by atoms with Gasteiger partial charge in [0.1, 0.15) is 5.75 Å². The summed E-state index contributed by atoms with van der Waals surface area (Å²) in [6, 6.07) is 11.6. The van der Waals surface area contributed by atoms with Crippen LogP contribution < -0.4 is 25.1 Å². The summed E-state index contributed by atoms with van der Waals surface area (Å²) in [5.41, 5.74) is 5.51. The first-order valence-corrected chi connectivity index (χ1v) is 8.26. The number of rotatable bonds is 5. The fourth-order valence-electron chi connectivity index (χ4n) is 2.29. The van der Waals surface area contributed by atoms with Crippen molar-refractivity contribution in [2.24, 2.45) is 5.92 Å². The molecular formula is C19H20N2O5. The monoisotopic (exact) mass is 356 g/mol. The van der Waals surface area contributed by atoms with Crippen molar-refractivity contribution in [3.8, 4) is 17.2 Å². The van der Waals surface area contributed by atoms with E-state index in [-0.39, 0.29) is 6.79 Å². The average Bonchev–Trinajstić information content (AvgIpc) is 3.12. The summed E-state index contributed by atoms with van der Waals surface area (Å²) in [5, 5.41) is 0. The SMILES string of the molecule is CC(C)COc1cccc(C(=O)NNC(=O)c2ccc3c(c2)OCO3)c1. The average molecular weight is 356 g/mol. The number of nitrogens with one attached hydrogen (secondary N) is 2. The van der Waals surface area contributed by atoms with Gasteiger partial charge in [0.2, 0.25) is 6.79 Å². The summed E-state index contributed by atoms with van der Waals surface area (Å²) >= 11 is 0. The van der Waals surface area contributed by atoms with E-state index in [1.807, 2.05) is 13.8 Å². The first-order chi connectivity index (χ1) is 12.5. The highest BCUT2D eigenvalue weighted by Crippen LogP contribution is 2.32. The Hall–Kier alpha value is -3.22. The lowest BCUT2D eigenvalue weighted by molar-refractivity contribution is 0.0846. The van der Waals surface area contributed by atoms with Gasteiger partial charge in [-0.25, -0.2) is 0 Å². The maximum Gasteiger partial charge on any atom is 0.269 e. The van der Waals surface area contributed by atoms with Gasteiger partial charge in [-0.1, -0.05) is 19.9 Å². The van der Waals surface area contributed by atoms with E-state index in [4.69, 9.17) is 14.2 Å². The third kappa shape index (κ3) is 4.24. The van der Waals surface area contributed by atoms with Gasteiger partial charge in [0.25, 0.3) is 11.8 Å². The molecule has 0 saturated carbocycles. The van der Waals surface area contributed by atoms with Crippen LogP contribution in [0, 0.1) is 5.92 Å². The van der Waals surface area contributed by atoms with E-state index in [1.54, 1.807) is 42.5 Å². The van der Waals surface area contributed by atoms with E-state index in [1.165, 1.54) is 0 Å². The van der Waals surface area contributed by atoms with Crippen molar-refractivity contribution in [2.75, 3.05) is 13.4 Å². The fourth-order valence-corrected chi connectivity index (χ4v) is 2.29. The highest BCUT2D eigenvalue weighted by Gasteiger charge is 2.16. The van der Waals surface area contributed by atoms with Crippen LogP contribution in [-0.2, 0) is 0 Å². The quantitative estimate of drug-likeness (QED) is 0.804. The zero-order chi connectivity index (χ0) is 18.5. The van der Waals surface area contributed by atoms with Crippen LogP contribution in [0.5, 0.6) is 17.2 Å². The summed E-state index contributed by atoms with van der Waals surface area (Å²) in [6.45, 7) is 4.78. The minimum atomic E-state index is -0.455. The molecule has 0 fully saturated rings. The molecular weight excluding hydrogens is 336 g/mol. The molecule has 0 unspecified atom stereocenters. The molecule has 3 rings (SSSR count). The molecule has 0 radical (unpaired) electrons. The Morgan fingerprint density at radius 2 is 1.69 bits per heavy atom. The van der Waals surface area contributed by atoms with Gasteiger partial charge in [-0.2, -0.15) is 0 Å². The number of ether oxygens (including phenoxy) is 3. The van der Waals surface area contributed by atoms with E-state index >= 15 is 0 Å². The minimum Gasteiger partial charge on any atom is -0.493 e. The predicted molar refractivity (Wildman–Crippen MR) is 94.3 cm³/mol. The van der Waals surface area contributed by atoms with Crippen molar-refractivity contribution < 1.29 is 23.8 Å². The first kappa shape index (κ1) is 17.6. The van der Waals surface area contributed by atoms with Gasteiger partial charge in [-0.05, 0) is 42.3 Å². The summed E-state index contributed by atoms with van der Waals surface area (Å²) in [6.07, 6.45) is 0. The zero-order valence-electron chi connectivity index (χ0n) is 14.6. The van der Waals surface area contributed by atoms with Crippen LogP contribution in [0.15, 0.2) is 42.5 Å². The molecule has 1 aliphatic rings. The lowest BCUT2D eigenvalue weighted by Crippen LogP contribution is -2.41. The highest BCUT2D eigenvalue weighted by atomic mass is 16.7. The molecule has 0 spiro atoms. The molecule has 1 heterocycles. The Balaban J connectivity index is 1.58. The number of carbonyl (C=O) groups excluding carboxylic acids is 2. The summed E-state index contributed by atoms with van der Waals surface area (Å²) in [5.74, 6) is 1.18. The van der Waals surface area contributed by atoms with Gasteiger partial charge >= 0.3 is 0 Å². The van der Waals surface area contributed by atoms with Gasteiger partial charge in [0.05, 0.1) is 6.61 Å². The lowest BCUT2D eigenvalue weighted by Gasteiger charge is -2.11. The van der Waals surface area contributed by atoms with E-state index in [0.717, 1.165) is 0 Å². The summed E-state index contributed by atoms with van der Waals surface area (Å²) in [7, 11) is 0. The lowest BCUT2D eigenvalue weighted by atomic mass is 10.2. The van der Waals surface area contributed by atoms with Crippen LogP contribution in [-0.4, -0.2) is 25.2 Å². The second-order valence-electron chi connectivity index (χ2n) is 6.21. The molecule has 0 bridgehead atoms. The third-order valence-electron chi connectivity index (χ3n) is 3.60. The molecule has 7 heteroatoms. The molecule has 7 nitrogen and oxygen atoms in total. The smallest absolute Gasteiger partial charge is 0.269 e. The number of amides is 2. The van der Waals surface area contributed by atoms with Gasteiger partial charge < -0.3 is 14.2 Å². The van der Waals surface area contributed by atoms with E-state index in [0.29, 0.717) is 40.9 Å². The Morgan fingerprint density at radius 1 is 1.00 bits per heavy atom. The Bertz CT molecular complexity index is 819. The molecule has 2 N–H and O–H groups in total. The van der Waals surface area contributed by atoms with Gasteiger partial charge in [0.15, 0.2) is 11.5 Å². The number of hydrazine groups is 1. The van der Waals surface area contributed by atoms with Crippen molar-refractivity contribution in [3.63, 3.8) is 0 Å². The van der Waals surface area contributed by atoms with Crippen LogP contribution in [0.2, 0.25) is 0 Å². The predicted octanol–water partition coefficient (Wildman–Crippen LogP) is 2.52. The van der Waals surface area contributed by atoms with Crippen LogP contribution in [0.25, 0.3) is 0 Å². The van der Waals surface area contributed by atoms with Crippen LogP contribution in [0.4, 0.5) is 0 Å². The highest BCUT2D eigenvalue weighted by molar-refractivity contribution is 5.99. The Morgan fingerprint density at radius 3 is 2.42 bits per heavy atom. The second kappa shape index (κ2) is 7.77. The Labute approximate surface area is 151 Å². The van der Waals surface area contributed by atoms with Crippen molar-refractivity contribution in [2.45, 2.75) is 13.8 Å². The fraction of sp³-hybridized carbons (Fsp3) is 0.263. The molecule has 1 aliphatic heterocycles. The maximum atomic E-state index is 12.2. The second-order valence-corrected chi connectivity index (χ2v) is 6.21. The third-order valence-corrected chi connectivity index (χ3v) is 3.60. The van der Waals surface area contributed by atoms with Crippen LogP contribution >= 0.6 is 0 Å². The molecule has 0 saturated heterocycles. The normalized spacial score (nSPS) is 12.0. The molecule has 2 aromatic carbocycles. The van der Waals surface area contributed by atoms with Crippen molar-refractivity contribution in [1.82, 2.24) is 10.9 Å². The largest absolute Gasteiger partial charge is 0.493 e. The van der Waals surface area contributed by atoms with Gasteiger partial charge in [-0.15, -0.1) is 0 Å². The summed E-state index contributed by atoms with van der Waals surface area (Å²) in [4.78, 5) is 24.4. The number of carbonyl (C=O) groups is 2. The molecule has 2 aromatic rings. The number of benzene rings is 2. The molecule has 0 atom stereocenters. The molecule has 26 heavy (non-hydrogen) atoms. The van der Waals surface area contributed by atoms with E-state index < -0.39 is 11.8 Å². The first-order valence-electron chi connectivity index (χ1n) is 8.26.